The summed E-state index contributed by atoms with van der Waals surface area (Å²) in [5, 5.41) is 7.40. The zero-order valence-corrected chi connectivity index (χ0v) is 13.7. The predicted molar refractivity (Wildman–Crippen MR) is 96.2 cm³/mol. The van der Waals surface area contributed by atoms with Crippen molar-refractivity contribution in [1.29, 1.82) is 5.41 Å². The highest BCUT2D eigenvalue weighted by atomic mass is 16.2. The molecule has 1 heterocycles. The lowest BCUT2D eigenvalue weighted by Crippen LogP contribution is -2.28. The van der Waals surface area contributed by atoms with Crippen molar-refractivity contribution in [1.82, 2.24) is 4.90 Å². The van der Waals surface area contributed by atoms with E-state index in [9.17, 15) is 4.79 Å². The summed E-state index contributed by atoms with van der Waals surface area (Å²) in [6.07, 6.45) is 2.30. The number of rotatable bonds is 5. The van der Waals surface area contributed by atoms with Crippen molar-refractivity contribution in [3.8, 4) is 0 Å². The standard InChI is InChI=1S/C20H23N3O/c21-20(22)17-9-6-15(7-10-17)8-11-19(24)23-13-12-18(14-23)16-4-2-1-3-5-16/h1-7,9-10,18H,8,11-14H2,(H3,21,22). The van der Waals surface area contributed by atoms with Crippen molar-refractivity contribution in [3.63, 3.8) is 0 Å². The van der Waals surface area contributed by atoms with E-state index in [-0.39, 0.29) is 11.7 Å². The third-order valence-electron chi connectivity index (χ3n) is 4.70. The maximum absolute atomic E-state index is 12.4. The van der Waals surface area contributed by atoms with Crippen molar-refractivity contribution in [2.75, 3.05) is 13.1 Å². The SMILES string of the molecule is N=C(N)c1ccc(CCC(=O)N2CCC(c3ccccc3)C2)cc1. The van der Waals surface area contributed by atoms with E-state index in [1.54, 1.807) is 0 Å². The van der Waals surface area contributed by atoms with E-state index >= 15 is 0 Å². The number of nitrogens with two attached hydrogens (primary N) is 1. The number of likely N-dealkylation sites (tertiary alicyclic amines) is 1. The van der Waals surface area contributed by atoms with Gasteiger partial charge in [-0.05, 0) is 24.0 Å². The molecule has 3 N–H and O–H groups in total. The average molecular weight is 321 g/mol. The highest BCUT2D eigenvalue weighted by Gasteiger charge is 2.26. The number of carbonyl (C=O) groups is 1. The molecule has 1 fully saturated rings. The van der Waals surface area contributed by atoms with Crippen LogP contribution in [0.4, 0.5) is 0 Å². The minimum Gasteiger partial charge on any atom is -0.384 e. The second kappa shape index (κ2) is 7.30. The molecule has 0 radical (unpaired) electrons. The van der Waals surface area contributed by atoms with Gasteiger partial charge in [0.05, 0.1) is 0 Å². The average Bonchev–Trinajstić information content (AvgIpc) is 3.11. The number of hydrogen-bond donors (Lipinski definition) is 2. The van der Waals surface area contributed by atoms with E-state index in [0.29, 0.717) is 12.3 Å². The third-order valence-corrected chi connectivity index (χ3v) is 4.70. The zero-order chi connectivity index (χ0) is 16.9. The lowest BCUT2D eigenvalue weighted by atomic mass is 9.99. The maximum Gasteiger partial charge on any atom is 0.222 e. The molecule has 4 heteroatoms. The normalized spacial score (nSPS) is 17.0. The summed E-state index contributed by atoms with van der Waals surface area (Å²) in [7, 11) is 0. The molecule has 2 aromatic rings. The molecule has 3 rings (SSSR count). The highest BCUT2D eigenvalue weighted by molar-refractivity contribution is 5.94. The fourth-order valence-electron chi connectivity index (χ4n) is 3.24. The van der Waals surface area contributed by atoms with Gasteiger partial charge in [0.1, 0.15) is 5.84 Å². The van der Waals surface area contributed by atoms with Crippen LogP contribution in [0.15, 0.2) is 54.6 Å². The summed E-state index contributed by atoms with van der Waals surface area (Å²) in [5.41, 5.74) is 8.60. The number of amidine groups is 1. The third kappa shape index (κ3) is 3.82. The number of hydrogen-bond acceptors (Lipinski definition) is 2. The molecule has 0 aliphatic carbocycles. The Kier molecular flexibility index (Phi) is 4.94. The number of amides is 1. The molecule has 0 bridgehead atoms. The van der Waals surface area contributed by atoms with Gasteiger partial charge in [-0.3, -0.25) is 10.2 Å². The van der Waals surface area contributed by atoms with Gasteiger partial charge in [-0.25, -0.2) is 0 Å². The Bertz CT molecular complexity index is 709. The Morgan fingerprint density at radius 1 is 1.12 bits per heavy atom. The molecule has 0 saturated carbocycles. The fourth-order valence-corrected chi connectivity index (χ4v) is 3.24. The molecule has 24 heavy (non-hydrogen) atoms. The Balaban J connectivity index is 1.51. The number of carbonyl (C=O) groups excluding carboxylic acids is 1. The predicted octanol–water partition coefficient (Wildman–Crippen LogP) is 2.92. The van der Waals surface area contributed by atoms with Crippen molar-refractivity contribution in [2.45, 2.75) is 25.2 Å². The van der Waals surface area contributed by atoms with E-state index in [4.69, 9.17) is 11.1 Å². The zero-order valence-electron chi connectivity index (χ0n) is 13.7. The van der Waals surface area contributed by atoms with Gasteiger partial charge in [0.2, 0.25) is 5.91 Å². The first-order valence-electron chi connectivity index (χ1n) is 8.39. The van der Waals surface area contributed by atoms with E-state index in [1.165, 1.54) is 5.56 Å². The van der Waals surface area contributed by atoms with Crippen LogP contribution in [0.3, 0.4) is 0 Å². The van der Waals surface area contributed by atoms with Crippen LogP contribution in [-0.4, -0.2) is 29.7 Å². The minimum absolute atomic E-state index is 0.0710. The van der Waals surface area contributed by atoms with E-state index in [1.807, 2.05) is 35.2 Å². The first-order valence-corrected chi connectivity index (χ1v) is 8.39. The Morgan fingerprint density at radius 3 is 2.50 bits per heavy atom. The lowest BCUT2D eigenvalue weighted by molar-refractivity contribution is -0.130. The van der Waals surface area contributed by atoms with Crippen LogP contribution in [0, 0.1) is 5.41 Å². The van der Waals surface area contributed by atoms with Crippen LogP contribution in [-0.2, 0) is 11.2 Å². The Hall–Kier alpha value is -2.62. The highest BCUT2D eigenvalue weighted by Crippen LogP contribution is 2.27. The van der Waals surface area contributed by atoms with E-state index in [2.05, 4.69) is 24.3 Å². The molecular formula is C20H23N3O. The first kappa shape index (κ1) is 16.2. The van der Waals surface area contributed by atoms with Crippen LogP contribution in [0.5, 0.6) is 0 Å². The Labute approximate surface area is 142 Å². The van der Waals surface area contributed by atoms with Crippen LogP contribution < -0.4 is 5.73 Å². The number of nitrogens with zero attached hydrogens (tertiary/aromatic N) is 1. The molecule has 124 valence electrons. The van der Waals surface area contributed by atoms with Crippen LogP contribution in [0.2, 0.25) is 0 Å². The van der Waals surface area contributed by atoms with Crippen molar-refractivity contribution >= 4 is 11.7 Å². The first-order chi connectivity index (χ1) is 11.6. The number of aryl methyl sites for hydroxylation is 1. The summed E-state index contributed by atoms with van der Waals surface area (Å²) in [6.45, 7) is 1.67. The fraction of sp³-hybridized carbons (Fsp3) is 0.300. The summed E-state index contributed by atoms with van der Waals surface area (Å²) in [4.78, 5) is 14.4. The van der Waals surface area contributed by atoms with Crippen LogP contribution in [0.1, 0.15) is 35.4 Å². The smallest absolute Gasteiger partial charge is 0.222 e. The van der Waals surface area contributed by atoms with Gasteiger partial charge in [-0.1, -0.05) is 54.6 Å². The van der Waals surface area contributed by atoms with E-state index < -0.39 is 0 Å². The van der Waals surface area contributed by atoms with Gasteiger partial charge in [0.25, 0.3) is 0 Å². The van der Waals surface area contributed by atoms with Gasteiger partial charge in [-0.15, -0.1) is 0 Å². The molecule has 1 atom stereocenters. The molecule has 0 spiro atoms. The van der Waals surface area contributed by atoms with Gasteiger partial charge < -0.3 is 10.6 Å². The molecule has 4 nitrogen and oxygen atoms in total. The molecular weight excluding hydrogens is 298 g/mol. The molecule has 1 saturated heterocycles. The summed E-state index contributed by atoms with van der Waals surface area (Å²) < 4.78 is 0. The topological polar surface area (TPSA) is 70.2 Å². The second-order valence-corrected chi connectivity index (χ2v) is 6.35. The van der Waals surface area contributed by atoms with Crippen molar-refractivity contribution in [3.05, 3.63) is 71.3 Å². The van der Waals surface area contributed by atoms with Crippen LogP contribution in [0.25, 0.3) is 0 Å². The van der Waals surface area contributed by atoms with Gasteiger partial charge in [0, 0.05) is 31.0 Å². The Morgan fingerprint density at radius 2 is 1.83 bits per heavy atom. The molecule has 1 aliphatic rings. The second-order valence-electron chi connectivity index (χ2n) is 6.35. The van der Waals surface area contributed by atoms with Gasteiger partial charge in [-0.2, -0.15) is 0 Å². The van der Waals surface area contributed by atoms with Gasteiger partial charge in [0.15, 0.2) is 0 Å². The molecule has 1 unspecified atom stereocenters. The van der Waals surface area contributed by atoms with E-state index in [0.717, 1.165) is 37.1 Å². The lowest BCUT2D eigenvalue weighted by Gasteiger charge is -2.17. The van der Waals surface area contributed by atoms with Crippen LogP contribution >= 0.6 is 0 Å². The molecule has 0 aromatic heterocycles. The van der Waals surface area contributed by atoms with Crippen molar-refractivity contribution < 1.29 is 4.79 Å². The largest absolute Gasteiger partial charge is 0.384 e. The number of nitrogens with one attached hydrogen (secondary N) is 1. The summed E-state index contributed by atoms with van der Waals surface area (Å²) >= 11 is 0. The summed E-state index contributed by atoms with van der Waals surface area (Å²) in [6, 6.07) is 18.0. The number of benzene rings is 2. The minimum atomic E-state index is 0.0710. The van der Waals surface area contributed by atoms with Gasteiger partial charge >= 0.3 is 0 Å². The van der Waals surface area contributed by atoms with Crippen molar-refractivity contribution in [2.24, 2.45) is 5.73 Å². The summed E-state index contributed by atoms with van der Waals surface area (Å²) in [5.74, 6) is 0.760. The quantitative estimate of drug-likeness (QED) is 0.656. The molecule has 2 aromatic carbocycles. The number of nitrogen functional groups attached to an aromatic ring is 1. The molecule has 1 amide bonds. The molecule has 1 aliphatic heterocycles. The maximum atomic E-state index is 12.4. The monoisotopic (exact) mass is 321 g/mol.